The molecular weight excluding hydrogens is 585 g/mol. The number of benzene rings is 3. The lowest BCUT2D eigenvalue weighted by atomic mass is 9.81. The van der Waals surface area contributed by atoms with Crippen LogP contribution in [0.25, 0.3) is 16.7 Å². The summed E-state index contributed by atoms with van der Waals surface area (Å²) in [7, 11) is 0. The van der Waals surface area contributed by atoms with Crippen LogP contribution in [0.5, 0.6) is 0 Å². The summed E-state index contributed by atoms with van der Waals surface area (Å²) in [6.45, 7) is 13.5. The van der Waals surface area contributed by atoms with Crippen molar-refractivity contribution in [3.05, 3.63) is 170 Å². The Morgan fingerprint density at radius 3 is 2.06 bits per heavy atom. The lowest BCUT2D eigenvalue weighted by Gasteiger charge is -2.23. The lowest BCUT2D eigenvalue weighted by molar-refractivity contribution is 0.355. The molecule has 4 aliphatic rings. The standard InChI is InChI=1S/C44H42N4/c1-26-12-14-31(15-13-26)41-33-17-16-32(45-33)24-39-44(5,6)25-38(48-39)42(30-10-8-7-9-11-30)35-19-21-37(47-35)43(36-20-18-34(41)46-36)40-28(3)22-27(2)23-29(40)4/h7-24,38-39,46,48H,25H2,1-6H3/b32-24-,41-34-,42-35-,43-36+. The normalized spacial score (nSPS) is 26.0. The van der Waals surface area contributed by atoms with E-state index in [4.69, 9.17) is 9.98 Å². The highest BCUT2D eigenvalue weighted by Crippen LogP contribution is 2.42. The molecule has 8 bridgehead atoms. The highest BCUT2D eigenvalue weighted by Gasteiger charge is 2.41. The van der Waals surface area contributed by atoms with E-state index in [1.165, 1.54) is 39.0 Å². The summed E-state index contributed by atoms with van der Waals surface area (Å²) in [5.74, 6) is 0. The van der Waals surface area contributed by atoms with Crippen molar-refractivity contribution in [3.8, 4) is 0 Å². The molecule has 4 heteroatoms. The van der Waals surface area contributed by atoms with Crippen LogP contribution in [-0.4, -0.2) is 28.5 Å². The van der Waals surface area contributed by atoms with E-state index in [9.17, 15) is 0 Å². The van der Waals surface area contributed by atoms with E-state index in [1.807, 2.05) is 0 Å². The molecule has 48 heavy (non-hydrogen) atoms. The van der Waals surface area contributed by atoms with Gasteiger partial charge in [0.1, 0.15) is 0 Å². The minimum absolute atomic E-state index is 0.0120. The minimum Gasteiger partial charge on any atom is -0.354 e. The summed E-state index contributed by atoms with van der Waals surface area (Å²) in [5.41, 5.74) is 16.0. The average Bonchev–Trinajstić information content (AvgIpc) is 3.86. The highest BCUT2D eigenvalue weighted by atomic mass is 15.0. The van der Waals surface area contributed by atoms with Crippen LogP contribution in [0, 0.1) is 33.1 Å². The van der Waals surface area contributed by atoms with Crippen LogP contribution in [-0.2, 0) is 0 Å². The molecule has 0 saturated carbocycles. The topological polar surface area (TPSA) is 52.5 Å². The van der Waals surface area contributed by atoms with Crippen LogP contribution < -0.4 is 16.0 Å². The van der Waals surface area contributed by atoms with Crippen molar-refractivity contribution in [2.45, 2.75) is 60.0 Å². The Bertz CT molecular complexity index is 2260. The molecular formula is C44H42N4. The Balaban J connectivity index is 1.48. The molecule has 4 aliphatic heterocycles. The molecule has 2 unspecified atom stereocenters. The number of aliphatic imine (C=N–C) groups is 2. The van der Waals surface area contributed by atoms with Crippen molar-refractivity contribution >= 4 is 28.1 Å². The van der Waals surface area contributed by atoms with E-state index in [2.05, 4.69) is 161 Å². The zero-order chi connectivity index (χ0) is 33.2. The fourth-order valence-electron chi connectivity index (χ4n) is 8.01. The van der Waals surface area contributed by atoms with Gasteiger partial charge < -0.3 is 10.3 Å². The maximum Gasteiger partial charge on any atom is 0.0737 e. The van der Waals surface area contributed by atoms with E-state index >= 15 is 0 Å². The first-order valence-corrected chi connectivity index (χ1v) is 17.1. The summed E-state index contributed by atoms with van der Waals surface area (Å²) >= 11 is 0. The molecule has 5 heterocycles. The van der Waals surface area contributed by atoms with Gasteiger partial charge in [0.25, 0.3) is 0 Å². The zero-order valence-corrected chi connectivity index (χ0v) is 28.6. The van der Waals surface area contributed by atoms with Crippen molar-refractivity contribution in [1.29, 1.82) is 0 Å². The third-order valence-electron chi connectivity index (χ3n) is 10.3. The SMILES string of the molecule is Cc1ccc(/C2=c3\cc/c([nH]3)=C(\c3c(C)cc(C)cc3C)C3=N/C(=C(/c4ccccc4)C4CC(C)(C)C(/C=C5/C=CC2=N5)N4)C=C3)cc1. The molecule has 0 aliphatic carbocycles. The second-order valence-electron chi connectivity index (χ2n) is 14.5. The Morgan fingerprint density at radius 2 is 1.33 bits per heavy atom. The number of hydrogen-bond acceptors (Lipinski definition) is 3. The van der Waals surface area contributed by atoms with Gasteiger partial charge >= 0.3 is 0 Å². The van der Waals surface area contributed by atoms with Gasteiger partial charge in [-0.3, -0.25) is 0 Å². The third kappa shape index (κ3) is 5.31. The van der Waals surface area contributed by atoms with Crippen LogP contribution >= 0.6 is 0 Å². The third-order valence-corrected chi connectivity index (χ3v) is 10.3. The average molecular weight is 627 g/mol. The summed E-state index contributed by atoms with van der Waals surface area (Å²) in [5, 5.41) is 6.11. The first-order chi connectivity index (χ1) is 23.1. The van der Waals surface area contributed by atoms with Crippen molar-refractivity contribution in [2.75, 3.05) is 0 Å². The second kappa shape index (κ2) is 11.6. The number of aromatic nitrogens is 1. The minimum atomic E-state index is 0.0120. The molecule has 0 spiro atoms. The van der Waals surface area contributed by atoms with Crippen molar-refractivity contribution < 1.29 is 0 Å². The molecule has 4 aromatic rings. The van der Waals surface area contributed by atoms with Crippen LogP contribution in [0.4, 0.5) is 0 Å². The molecule has 8 rings (SSSR count). The van der Waals surface area contributed by atoms with Gasteiger partial charge in [0, 0.05) is 39.5 Å². The molecule has 3 aromatic carbocycles. The van der Waals surface area contributed by atoms with Gasteiger partial charge in [-0.2, -0.15) is 0 Å². The molecule has 238 valence electrons. The number of aromatic amines is 1. The summed E-state index contributed by atoms with van der Waals surface area (Å²) in [4.78, 5) is 14.6. The number of aryl methyl sites for hydroxylation is 4. The predicted octanol–water partition coefficient (Wildman–Crippen LogP) is 7.73. The molecule has 1 aromatic heterocycles. The number of nitrogens with zero attached hydrogens (tertiary/aromatic N) is 2. The maximum atomic E-state index is 5.49. The Kier molecular flexibility index (Phi) is 7.30. The number of rotatable bonds is 3. The predicted molar refractivity (Wildman–Crippen MR) is 201 cm³/mol. The molecule has 1 fully saturated rings. The fourth-order valence-corrected chi connectivity index (χ4v) is 8.01. The maximum absolute atomic E-state index is 5.49. The monoisotopic (exact) mass is 626 g/mol. The first kappa shape index (κ1) is 30.3. The number of hydrogen-bond donors (Lipinski definition) is 2. The van der Waals surface area contributed by atoms with Crippen molar-refractivity contribution in [1.82, 2.24) is 10.3 Å². The fraction of sp³-hybridized carbons (Fsp3) is 0.227. The molecule has 0 radical (unpaired) electrons. The van der Waals surface area contributed by atoms with Crippen LogP contribution in [0.3, 0.4) is 0 Å². The van der Waals surface area contributed by atoms with Gasteiger partial charge in [-0.1, -0.05) is 91.7 Å². The Labute approximate surface area is 283 Å². The number of nitrogens with one attached hydrogen (secondary N) is 2. The largest absolute Gasteiger partial charge is 0.354 e. The van der Waals surface area contributed by atoms with Crippen molar-refractivity contribution in [2.24, 2.45) is 15.4 Å². The lowest BCUT2D eigenvalue weighted by Crippen LogP contribution is -2.33. The van der Waals surface area contributed by atoms with Gasteiger partial charge in [-0.15, -0.1) is 0 Å². The van der Waals surface area contributed by atoms with Crippen LogP contribution in [0.1, 0.15) is 59.2 Å². The second-order valence-corrected chi connectivity index (χ2v) is 14.5. The first-order valence-electron chi connectivity index (χ1n) is 17.1. The summed E-state index contributed by atoms with van der Waals surface area (Å²) in [6.07, 6.45) is 12.1. The van der Waals surface area contributed by atoms with Gasteiger partial charge in [-0.25, -0.2) is 9.98 Å². The smallest absolute Gasteiger partial charge is 0.0737 e. The van der Waals surface area contributed by atoms with Gasteiger partial charge in [0.15, 0.2) is 0 Å². The van der Waals surface area contributed by atoms with Crippen LogP contribution in [0.2, 0.25) is 0 Å². The molecule has 2 atom stereocenters. The number of allylic oxidation sites excluding steroid dienone is 4. The van der Waals surface area contributed by atoms with Gasteiger partial charge in [0.05, 0.1) is 22.8 Å². The summed E-state index contributed by atoms with van der Waals surface area (Å²) in [6, 6.07) is 28.8. The zero-order valence-electron chi connectivity index (χ0n) is 28.6. The Hall–Kier alpha value is -5.06. The quantitative estimate of drug-likeness (QED) is 0.240. The van der Waals surface area contributed by atoms with Gasteiger partial charge in [0.2, 0.25) is 0 Å². The molecule has 0 amide bonds. The highest BCUT2D eigenvalue weighted by molar-refractivity contribution is 6.31. The van der Waals surface area contributed by atoms with E-state index in [1.54, 1.807) is 0 Å². The molecule has 4 nitrogen and oxygen atoms in total. The number of fused-ring (bicyclic) bond motifs is 6. The number of H-pyrrole nitrogens is 1. The van der Waals surface area contributed by atoms with E-state index < -0.39 is 0 Å². The Morgan fingerprint density at radius 1 is 0.667 bits per heavy atom. The van der Waals surface area contributed by atoms with E-state index in [-0.39, 0.29) is 17.5 Å². The summed E-state index contributed by atoms with van der Waals surface area (Å²) < 4.78 is 0. The van der Waals surface area contributed by atoms with E-state index in [0.29, 0.717) is 0 Å². The van der Waals surface area contributed by atoms with E-state index in [0.717, 1.165) is 56.6 Å². The van der Waals surface area contributed by atoms with Crippen molar-refractivity contribution in [3.63, 3.8) is 0 Å². The van der Waals surface area contributed by atoms with Gasteiger partial charge in [-0.05, 0) is 110 Å². The van der Waals surface area contributed by atoms with Crippen LogP contribution in [0.15, 0.2) is 131 Å². The molecule has 2 N–H and O–H groups in total. The molecule has 1 saturated heterocycles.